The van der Waals surface area contributed by atoms with Crippen molar-refractivity contribution < 1.29 is 9.30 Å². The third-order valence-corrected chi connectivity index (χ3v) is 10.6. The molecule has 0 N–H and O–H groups in total. The zero-order valence-corrected chi connectivity index (χ0v) is 26.7. The minimum absolute atomic E-state index is 0.0362. The van der Waals surface area contributed by atoms with E-state index >= 15 is 0 Å². The van der Waals surface area contributed by atoms with Crippen LogP contribution in [0.2, 0.25) is 0 Å². The van der Waals surface area contributed by atoms with Crippen LogP contribution in [0.15, 0.2) is 87.5 Å². The fourth-order valence-corrected chi connectivity index (χ4v) is 8.74. The van der Waals surface area contributed by atoms with Crippen LogP contribution in [0.4, 0.5) is 5.69 Å². The highest BCUT2D eigenvalue weighted by atomic mass is 32.2. The number of hydrogen-bond acceptors (Lipinski definition) is 6. The molecule has 1 aliphatic heterocycles. The Labute approximate surface area is 258 Å². The van der Waals surface area contributed by atoms with Gasteiger partial charge >= 0.3 is 0 Å². The standard InChI is InChI=1S/C34H34N3O2S3/c1-5-35-25-15-11-12-16-28(25)40-32(35)21-33-37(22-24-13-9-8-10-14-24)34(38)29(41-33)17-18-31-36(6-2)26-20-27(39-7-3)23(4)19-30(26)42-31/h8-21H,5-7,22H2,1-4H3/q+1. The smallest absolute Gasteiger partial charge is 0.269 e. The molecule has 5 nitrogen and oxygen atoms in total. The third kappa shape index (κ3) is 5.46. The second-order valence-corrected chi connectivity index (χ2v) is 13.2. The Bertz CT molecular complexity index is 1970. The monoisotopic (exact) mass is 612 g/mol. The van der Waals surface area contributed by atoms with Crippen molar-refractivity contribution in [1.29, 1.82) is 0 Å². The van der Waals surface area contributed by atoms with E-state index in [1.165, 1.54) is 15.1 Å². The predicted molar refractivity (Wildman–Crippen MR) is 178 cm³/mol. The normalized spacial score (nSPS) is 14.9. The first-order valence-electron chi connectivity index (χ1n) is 14.3. The summed E-state index contributed by atoms with van der Waals surface area (Å²) < 4.78 is 13.0. The van der Waals surface area contributed by atoms with Crippen LogP contribution in [-0.4, -0.2) is 17.7 Å². The molecule has 0 radical (unpaired) electrons. The third-order valence-electron chi connectivity index (χ3n) is 7.34. The molecular formula is C34H34N3O2S3+. The molecule has 8 heteroatoms. The minimum atomic E-state index is 0.0362. The van der Waals surface area contributed by atoms with E-state index < -0.39 is 0 Å². The Morgan fingerprint density at radius 2 is 1.74 bits per heavy atom. The molecule has 0 unspecified atom stereocenters. The molecule has 42 heavy (non-hydrogen) atoms. The van der Waals surface area contributed by atoms with Crippen molar-refractivity contribution in [2.24, 2.45) is 0 Å². The number of fused-ring (bicyclic) bond motifs is 2. The van der Waals surface area contributed by atoms with Gasteiger partial charge < -0.3 is 9.64 Å². The zero-order valence-electron chi connectivity index (χ0n) is 24.3. The van der Waals surface area contributed by atoms with Crippen LogP contribution in [0.25, 0.3) is 22.4 Å². The molecule has 0 bridgehead atoms. The largest absolute Gasteiger partial charge is 0.494 e. The van der Waals surface area contributed by atoms with Crippen LogP contribution in [-0.2, 0) is 13.1 Å². The van der Waals surface area contributed by atoms with E-state index in [2.05, 4.69) is 90.9 Å². The summed E-state index contributed by atoms with van der Waals surface area (Å²) in [5.41, 5.74) is 4.66. The Hall–Kier alpha value is -3.59. The van der Waals surface area contributed by atoms with Crippen molar-refractivity contribution in [1.82, 2.24) is 4.57 Å². The fourth-order valence-electron chi connectivity index (χ4n) is 5.30. The summed E-state index contributed by atoms with van der Waals surface area (Å²) in [5.74, 6) is 0.924. The Kier molecular flexibility index (Phi) is 8.38. The van der Waals surface area contributed by atoms with E-state index in [0.29, 0.717) is 13.2 Å². The van der Waals surface area contributed by atoms with Crippen LogP contribution in [0.3, 0.4) is 0 Å². The van der Waals surface area contributed by atoms with Gasteiger partial charge in [-0.05, 0) is 63.1 Å². The number of aryl methyl sites for hydroxylation is 2. The average molecular weight is 613 g/mol. The van der Waals surface area contributed by atoms with Gasteiger partial charge in [-0.3, -0.25) is 9.36 Å². The van der Waals surface area contributed by atoms with Gasteiger partial charge in [0.2, 0.25) is 5.52 Å². The minimum Gasteiger partial charge on any atom is -0.494 e. The number of rotatable bonds is 8. The molecule has 3 heterocycles. The summed E-state index contributed by atoms with van der Waals surface area (Å²) in [5, 5.41) is 2.26. The molecule has 0 amide bonds. The average Bonchev–Trinajstić information content (AvgIpc) is 3.63. The van der Waals surface area contributed by atoms with Crippen molar-refractivity contribution >= 4 is 62.5 Å². The predicted octanol–water partition coefficient (Wildman–Crippen LogP) is 6.27. The first-order valence-corrected chi connectivity index (χ1v) is 16.8. The molecule has 1 aliphatic rings. The summed E-state index contributed by atoms with van der Waals surface area (Å²) in [7, 11) is 0. The number of benzene rings is 3. The van der Waals surface area contributed by atoms with Crippen LogP contribution in [0.5, 0.6) is 5.75 Å². The molecule has 214 valence electrons. The van der Waals surface area contributed by atoms with E-state index in [9.17, 15) is 4.79 Å². The number of aromatic nitrogens is 2. The lowest BCUT2D eigenvalue weighted by atomic mass is 10.2. The van der Waals surface area contributed by atoms with Crippen molar-refractivity contribution in [3.8, 4) is 5.75 Å². The highest BCUT2D eigenvalue weighted by molar-refractivity contribution is 8.03. The fraction of sp³-hybridized carbons (Fsp3) is 0.235. The summed E-state index contributed by atoms with van der Waals surface area (Å²) in [6.07, 6.45) is 6.28. The number of thioether (sulfide) groups is 1. The van der Waals surface area contributed by atoms with Gasteiger partial charge in [-0.1, -0.05) is 65.6 Å². The van der Waals surface area contributed by atoms with E-state index in [-0.39, 0.29) is 5.56 Å². The maximum atomic E-state index is 13.9. The number of nitrogens with zero attached hydrogens (tertiary/aromatic N) is 3. The Balaban J connectivity index is 1.46. The molecule has 2 aromatic heterocycles. The van der Waals surface area contributed by atoms with E-state index in [0.717, 1.165) is 54.9 Å². The van der Waals surface area contributed by atoms with Gasteiger partial charge in [0.15, 0.2) is 0 Å². The quantitative estimate of drug-likeness (QED) is 0.194. The first kappa shape index (κ1) is 28.5. The van der Waals surface area contributed by atoms with Gasteiger partial charge in [0.1, 0.15) is 21.7 Å². The van der Waals surface area contributed by atoms with Gasteiger partial charge in [-0.25, -0.2) is 0 Å². The van der Waals surface area contributed by atoms with Crippen molar-refractivity contribution in [3.05, 3.63) is 114 Å². The molecule has 5 aromatic rings. The number of para-hydroxylation sites is 1. The number of thiazole rings is 2. The molecule has 0 spiro atoms. The molecular weight excluding hydrogens is 579 g/mol. The lowest BCUT2D eigenvalue weighted by Gasteiger charge is -2.18. The number of hydrogen-bond donors (Lipinski definition) is 0. The van der Waals surface area contributed by atoms with Crippen LogP contribution >= 0.6 is 34.4 Å². The summed E-state index contributed by atoms with van der Waals surface area (Å²) >= 11 is 5.07. The summed E-state index contributed by atoms with van der Waals surface area (Å²) in [6.45, 7) is 11.3. The van der Waals surface area contributed by atoms with E-state index in [4.69, 9.17) is 4.74 Å². The lowest BCUT2D eigenvalue weighted by Crippen LogP contribution is -2.35. The molecule has 6 rings (SSSR count). The summed E-state index contributed by atoms with van der Waals surface area (Å²) in [4.78, 5) is 17.4. The van der Waals surface area contributed by atoms with Gasteiger partial charge in [0.25, 0.3) is 10.6 Å². The Morgan fingerprint density at radius 1 is 0.952 bits per heavy atom. The first-order chi connectivity index (χ1) is 20.5. The van der Waals surface area contributed by atoms with Gasteiger partial charge in [-0.15, -0.1) is 11.3 Å². The van der Waals surface area contributed by atoms with Crippen LogP contribution in [0.1, 0.15) is 36.9 Å². The van der Waals surface area contributed by atoms with Crippen LogP contribution < -0.4 is 29.0 Å². The van der Waals surface area contributed by atoms with Gasteiger partial charge in [-0.2, -0.15) is 4.57 Å². The zero-order chi connectivity index (χ0) is 29.2. The van der Waals surface area contributed by atoms with Crippen molar-refractivity contribution in [2.45, 2.75) is 45.7 Å². The number of allylic oxidation sites excluding steroid dienone is 1. The van der Waals surface area contributed by atoms with Gasteiger partial charge in [0, 0.05) is 23.6 Å². The highest BCUT2D eigenvalue weighted by Gasteiger charge is 2.25. The topological polar surface area (TPSA) is 38.4 Å². The second-order valence-electron chi connectivity index (χ2n) is 10.0. The van der Waals surface area contributed by atoms with Gasteiger partial charge in [0.05, 0.1) is 34.5 Å². The molecule has 0 aliphatic carbocycles. The van der Waals surface area contributed by atoms with E-state index in [1.807, 2.05) is 35.8 Å². The molecule has 0 atom stereocenters. The maximum Gasteiger partial charge on any atom is 0.269 e. The highest BCUT2D eigenvalue weighted by Crippen LogP contribution is 2.48. The summed E-state index contributed by atoms with van der Waals surface area (Å²) in [6, 6.07) is 23.1. The Morgan fingerprint density at radius 3 is 2.50 bits per heavy atom. The molecule has 0 saturated carbocycles. The molecule has 0 fully saturated rings. The van der Waals surface area contributed by atoms with E-state index in [1.54, 1.807) is 34.4 Å². The maximum absolute atomic E-state index is 13.9. The number of anilines is 1. The van der Waals surface area contributed by atoms with Crippen molar-refractivity contribution in [2.75, 3.05) is 18.1 Å². The number of ether oxygens (including phenoxy) is 1. The van der Waals surface area contributed by atoms with Crippen molar-refractivity contribution in [3.63, 3.8) is 0 Å². The van der Waals surface area contributed by atoms with Crippen LogP contribution in [0, 0.1) is 6.92 Å². The second kappa shape index (κ2) is 12.3. The lowest BCUT2D eigenvalue weighted by molar-refractivity contribution is -0.665. The molecule has 0 saturated heterocycles. The SMILES string of the molecule is CCOc1cc2c(cc1C)SC(=CC=c1sc(=Cc3sc4ccccc4[n+]3CC)n(Cc3ccccc3)c1=O)N2CC. The molecule has 3 aromatic carbocycles.